The van der Waals surface area contributed by atoms with Crippen LogP contribution in [0.4, 0.5) is 0 Å². The van der Waals surface area contributed by atoms with Crippen molar-refractivity contribution in [1.29, 1.82) is 0 Å². The molecule has 0 unspecified atom stereocenters. The molecule has 23 heavy (non-hydrogen) atoms. The van der Waals surface area contributed by atoms with Crippen molar-refractivity contribution < 1.29 is 23.7 Å². The highest BCUT2D eigenvalue weighted by Gasteiger charge is 1.96. The summed E-state index contributed by atoms with van der Waals surface area (Å²) in [5.41, 5.74) is 0. The van der Waals surface area contributed by atoms with Crippen LogP contribution in [0.25, 0.3) is 0 Å². The first-order valence-corrected chi connectivity index (χ1v) is 8.74. The van der Waals surface area contributed by atoms with Gasteiger partial charge in [0.05, 0.1) is 46.2 Å². The molecular weight excluding hydrogens is 298 g/mol. The Balaban J connectivity index is 3.01. The molecule has 6 heteroatoms. The van der Waals surface area contributed by atoms with Crippen LogP contribution < -0.4 is 5.32 Å². The molecule has 0 aromatic carbocycles. The summed E-state index contributed by atoms with van der Waals surface area (Å²) < 4.78 is 21.6. The Morgan fingerprint density at radius 3 is 1.78 bits per heavy atom. The quantitative estimate of drug-likeness (QED) is 0.413. The Labute approximate surface area is 141 Å². The van der Waals surface area contributed by atoms with Gasteiger partial charge in [-0.25, -0.2) is 0 Å². The van der Waals surface area contributed by atoms with E-state index in [2.05, 4.69) is 19.2 Å². The van der Waals surface area contributed by atoms with E-state index in [0.29, 0.717) is 59.2 Å². The lowest BCUT2D eigenvalue weighted by molar-refractivity contribution is -0.121. The molecule has 0 aromatic rings. The van der Waals surface area contributed by atoms with Crippen molar-refractivity contribution in [3.63, 3.8) is 0 Å². The molecule has 6 nitrogen and oxygen atoms in total. The zero-order chi connectivity index (χ0) is 17.2. The second-order valence-corrected chi connectivity index (χ2v) is 5.69. The Bertz CT molecular complexity index is 261. The molecule has 138 valence electrons. The van der Waals surface area contributed by atoms with E-state index in [1.54, 1.807) is 0 Å². The van der Waals surface area contributed by atoms with Crippen LogP contribution in [0.3, 0.4) is 0 Å². The van der Waals surface area contributed by atoms with Crippen LogP contribution >= 0.6 is 0 Å². The number of amides is 1. The molecular formula is C17H35NO5. The van der Waals surface area contributed by atoms with Gasteiger partial charge < -0.3 is 24.3 Å². The van der Waals surface area contributed by atoms with Gasteiger partial charge in [0.2, 0.25) is 5.91 Å². The van der Waals surface area contributed by atoms with E-state index >= 15 is 0 Å². The van der Waals surface area contributed by atoms with Crippen molar-refractivity contribution in [3.05, 3.63) is 0 Å². The van der Waals surface area contributed by atoms with Crippen LogP contribution in [0.2, 0.25) is 0 Å². The van der Waals surface area contributed by atoms with Gasteiger partial charge in [0.15, 0.2) is 0 Å². The molecule has 0 aliphatic carbocycles. The third kappa shape index (κ3) is 19.3. The van der Waals surface area contributed by atoms with Crippen molar-refractivity contribution in [2.24, 2.45) is 5.92 Å². The molecule has 0 saturated carbocycles. The van der Waals surface area contributed by atoms with Gasteiger partial charge in [-0.05, 0) is 18.8 Å². The molecule has 0 aliphatic rings. The van der Waals surface area contributed by atoms with Gasteiger partial charge in [-0.3, -0.25) is 4.79 Å². The summed E-state index contributed by atoms with van der Waals surface area (Å²) in [4.78, 5) is 11.0. The monoisotopic (exact) mass is 333 g/mol. The summed E-state index contributed by atoms with van der Waals surface area (Å²) >= 11 is 0. The van der Waals surface area contributed by atoms with Gasteiger partial charge in [-0.1, -0.05) is 20.8 Å². The van der Waals surface area contributed by atoms with Crippen LogP contribution in [-0.4, -0.2) is 65.3 Å². The number of carbonyl (C=O) groups is 1. The molecule has 0 bridgehead atoms. The predicted molar refractivity (Wildman–Crippen MR) is 90.6 cm³/mol. The first kappa shape index (κ1) is 22.3. The minimum Gasteiger partial charge on any atom is -0.379 e. The second-order valence-electron chi connectivity index (χ2n) is 5.69. The van der Waals surface area contributed by atoms with Gasteiger partial charge in [0, 0.05) is 19.6 Å². The minimum absolute atomic E-state index is 0.0471. The van der Waals surface area contributed by atoms with E-state index < -0.39 is 0 Å². The minimum atomic E-state index is 0.0471. The highest BCUT2D eigenvalue weighted by atomic mass is 16.6. The Kier molecular flexibility index (Phi) is 17.1. The normalized spacial score (nSPS) is 11.1. The molecule has 0 rings (SSSR count). The molecule has 0 aliphatic heterocycles. The third-order valence-electron chi connectivity index (χ3n) is 3.08. The first-order valence-electron chi connectivity index (χ1n) is 8.74. The molecule has 0 saturated heterocycles. The number of hydrogen-bond acceptors (Lipinski definition) is 5. The number of hydrogen-bond donors (Lipinski definition) is 1. The zero-order valence-electron chi connectivity index (χ0n) is 15.1. The highest BCUT2D eigenvalue weighted by Crippen LogP contribution is 2.02. The summed E-state index contributed by atoms with van der Waals surface area (Å²) in [6.07, 6.45) is 2.83. The zero-order valence-corrected chi connectivity index (χ0v) is 15.1. The van der Waals surface area contributed by atoms with E-state index in [-0.39, 0.29) is 5.91 Å². The molecule has 0 aromatic heterocycles. The summed E-state index contributed by atoms with van der Waals surface area (Å²) in [7, 11) is 0. The molecule has 0 radical (unpaired) electrons. The standard InChI is InChI=1S/C17H35NO5/c1-4-17(19)18-7-9-21-11-13-23-15-14-22-12-10-20-8-5-6-16(2)3/h16H,4-15H2,1-3H3,(H,18,19). The maximum atomic E-state index is 11.0. The van der Waals surface area contributed by atoms with Gasteiger partial charge in [-0.2, -0.15) is 0 Å². The highest BCUT2D eigenvalue weighted by molar-refractivity contribution is 5.75. The fourth-order valence-electron chi connectivity index (χ4n) is 1.74. The molecule has 0 atom stereocenters. The summed E-state index contributed by atoms with van der Waals surface area (Å²) in [5.74, 6) is 0.789. The first-order chi connectivity index (χ1) is 11.2. The third-order valence-corrected chi connectivity index (χ3v) is 3.08. The van der Waals surface area contributed by atoms with Crippen molar-refractivity contribution in [3.8, 4) is 0 Å². The number of carbonyl (C=O) groups excluding carboxylic acids is 1. The summed E-state index contributed by atoms with van der Waals surface area (Å²) in [6, 6.07) is 0. The number of ether oxygens (including phenoxy) is 4. The Hall–Kier alpha value is -0.690. The summed E-state index contributed by atoms with van der Waals surface area (Å²) in [6.45, 7) is 11.6. The van der Waals surface area contributed by atoms with Gasteiger partial charge in [0.1, 0.15) is 0 Å². The largest absolute Gasteiger partial charge is 0.379 e. The van der Waals surface area contributed by atoms with Crippen LogP contribution in [0.15, 0.2) is 0 Å². The van der Waals surface area contributed by atoms with Gasteiger partial charge in [0.25, 0.3) is 0 Å². The maximum absolute atomic E-state index is 11.0. The number of rotatable bonds is 17. The van der Waals surface area contributed by atoms with Gasteiger partial charge >= 0.3 is 0 Å². The summed E-state index contributed by atoms with van der Waals surface area (Å²) in [5, 5.41) is 2.74. The Morgan fingerprint density at radius 1 is 0.826 bits per heavy atom. The Morgan fingerprint density at radius 2 is 1.30 bits per heavy atom. The van der Waals surface area contributed by atoms with Crippen molar-refractivity contribution in [1.82, 2.24) is 5.32 Å². The maximum Gasteiger partial charge on any atom is 0.219 e. The second kappa shape index (κ2) is 17.7. The van der Waals surface area contributed by atoms with E-state index in [1.165, 1.54) is 6.42 Å². The fourth-order valence-corrected chi connectivity index (χ4v) is 1.74. The van der Waals surface area contributed by atoms with E-state index in [9.17, 15) is 4.79 Å². The van der Waals surface area contributed by atoms with Crippen LogP contribution in [0, 0.1) is 5.92 Å². The van der Waals surface area contributed by atoms with E-state index in [4.69, 9.17) is 18.9 Å². The van der Waals surface area contributed by atoms with Gasteiger partial charge in [-0.15, -0.1) is 0 Å². The topological polar surface area (TPSA) is 66.0 Å². The molecule has 0 fully saturated rings. The SMILES string of the molecule is CCC(=O)NCCOCCOCCOCCOCCCC(C)C. The molecule has 0 spiro atoms. The molecule has 1 N–H and O–H groups in total. The van der Waals surface area contributed by atoms with Crippen LogP contribution in [0.1, 0.15) is 40.0 Å². The lowest BCUT2D eigenvalue weighted by atomic mass is 10.1. The lowest BCUT2D eigenvalue weighted by Gasteiger charge is -2.08. The average molecular weight is 333 g/mol. The van der Waals surface area contributed by atoms with Crippen LogP contribution in [0.5, 0.6) is 0 Å². The number of nitrogens with one attached hydrogen (secondary N) is 1. The molecule has 0 heterocycles. The van der Waals surface area contributed by atoms with Crippen molar-refractivity contribution in [2.45, 2.75) is 40.0 Å². The van der Waals surface area contributed by atoms with Crippen molar-refractivity contribution >= 4 is 5.91 Å². The molecule has 1 amide bonds. The smallest absolute Gasteiger partial charge is 0.219 e. The predicted octanol–water partition coefficient (Wildman–Crippen LogP) is 2.02. The van der Waals surface area contributed by atoms with E-state index in [0.717, 1.165) is 18.9 Å². The average Bonchev–Trinajstić information content (AvgIpc) is 2.53. The lowest BCUT2D eigenvalue weighted by Crippen LogP contribution is -2.26. The van der Waals surface area contributed by atoms with Crippen molar-refractivity contribution in [2.75, 3.05) is 59.4 Å². The fraction of sp³-hybridized carbons (Fsp3) is 0.941. The van der Waals surface area contributed by atoms with Crippen LogP contribution in [-0.2, 0) is 23.7 Å². The van der Waals surface area contributed by atoms with E-state index in [1.807, 2.05) is 6.92 Å².